The maximum atomic E-state index is 12.1. The molecule has 1 aliphatic rings. The highest BCUT2D eigenvalue weighted by atomic mass is 79.9. The molecule has 1 heterocycles. The monoisotopic (exact) mass is 390 g/mol. The molecule has 1 amide bonds. The fraction of sp³-hybridized carbons (Fsp3) is 0.176. The molecule has 0 aliphatic carbocycles. The summed E-state index contributed by atoms with van der Waals surface area (Å²) in [6, 6.07) is 10.5. The Kier molecular flexibility index (Phi) is 5.00. The summed E-state index contributed by atoms with van der Waals surface area (Å²) in [6.07, 6.45) is 1.54. The predicted octanol–water partition coefficient (Wildman–Crippen LogP) is 3.34. The van der Waals surface area contributed by atoms with Gasteiger partial charge >= 0.3 is 0 Å². The van der Waals surface area contributed by atoms with E-state index in [2.05, 4.69) is 26.5 Å². The van der Waals surface area contributed by atoms with Crippen molar-refractivity contribution in [1.29, 1.82) is 0 Å². The first-order valence-electron chi connectivity index (χ1n) is 7.33. The van der Waals surface area contributed by atoms with Gasteiger partial charge in [-0.2, -0.15) is 5.10 Å². The molecule has 2 aromatic carbocycles. The summed E-state index contributed by atoms with van der Waals surface area (Å²) in [5.41, 5.74) is 3.76. The highest BCUT2D eigenvalue weighted by Crippen LogP contribution is 2.36. The van der Waals surface area contributed by atoms with Crippen LogP contribution in [0.15, 0.2) is 46.0 Å². The first-order chi connectivity index (χ1) is 11.7. The van der Waals surface area contributed by atoms with Crippen LogP contribution in [0.3, 0.4) is 0 Å². The minimum Gasteiger partial charge on any atom is -0.494 e. The van der Waals surface area contributed by atoms with Crippen molar-refractivity contribution in [1.82, 2.24) is 5.43 Å². The first kappa shape index (κ1) is 16.3. The zero-order valence-electron chi connectivity index (χ0n) is 12.9. The lowest BCUT2D eigenvalue weighted by Crippen LogP contribution is -2.17. The van der Waals surface area contributed by atoms with Crippen LogP contribution in [-0.4, -0.2) is 25.5 Å². The summed E-state index contributed by atoms with van der Waals surface area (Å²) in [7, 11) is 0. The molecule has 0 spiro atoms. The minimum atomic E-state index is -0.300. The third-order valence-corrected chi connectivity index (χ3v) is 3.98. The van der Waals surface area contributed by atoms with E-state index in [-0.39, 0.29) is 12.7 Å². The highest BCUT2D eigenvalue weighted by Gasteiger charge is 2.15. The van der Waals surface area contributed by atoms with Gasteiger partial charge in [0, 0.05) is 15.6 Å². The molecular formula is C17H15BrN2O4. The number of amides is 1. The zero-order valence-corrected chi connectivity index (χ0v) is 14.5. The average molecular weight is 391 g/mol. The van der Waals surface area contributed by atoms with Gasteiger partial charge in [-0.15, -0.1) is 0 Å². The quantitative estimate of drug-likeness (QED) is 0.627. The number of nitrogens with zero attached hydrogens (tertiary/aromatic N) is 1. The largest absolute Gasteiger partial charge is 0.494 e. The van der Waals surface area contributed by atoms with Gasteiger partial charge in [0.2, 0.25) is 6.79 Å². The smallest absolute Gasteiger partial charge is 0.271 e. The SMILES string of the molecule is CCOc1ccc(C(=O)NN=Cc2cc3c(cc2Br)OCO3)cc1. The molecule has 0 aromatic heterocycles. The maximum absolute atomic E-state index is 12.1. The van der Waals surface area contributed by atoms with E-state index < -0.39 is 0 Å². The van der Waals surface area contributed by atoms with Gasteiger partial charge in [0.05, 0.1) is 12.8 Å². The molecule has 2 aromatic rings. The molecule has 0 radical (unpaired) electrons. The molecule has 24 heavy (non-hydrogen) atoms. The van der Waals surface area contributed by atoms with Gasteiger partial charge in [0.1, 0.15) is 5.75 Å². The van der Waals surface area contributed by atoms with Crippen molar-refractivity contribution in [3.8, 4) is 17.2 Å². The number of halogens is 1. The van der Waals surface area contributed by atoms with E-state index in [1.54, 1.807) is 42.6 Å². The number of hydrogen-bond donors (Lipinski definition) is 1. The van der Waals surface area contributed by atoms with Crippen molar-refractivity contribution in [2.75, 3.05) is 13.4 Å². The van der Waals surface area contributed by atoms with Crippen LogP contribution in [0.4, 0.5) is 0 Å². The number of ether oxygens (including phenoxy) is 3. The van der Waals surface area contributed by atoms with Crippen molar-refractivity contribution in [3.05, 3.63) is 52.0 Å². The Hall–Kier alpha value is -2.54. The molecule has 0 bridgehead atoms. The number of carbonyl (C=O) groups excluding carboxylic acids is 1. The topological polar surface area (TPSA) is 69.2 Å². The zero-order chi connectivity index (χ0) is 16.9. The van der Waals surface area contributed by atoms with E-state index in [1.165, 1.54) is 0 Å². The molecule has 6 nitrogen and oxygen atoms in total. The Morgan fingerprint density at radius 3 is 2.71 bits per heavy atom. The predicted molar refractivity (Wildman–Crippen MR) is 92.9 cm³/mol. The van der Waals surface area contributed by atoms with E-state index in [0.29, 0.717) is 23.7 Å². The summed E-state index contributed by atoms with van der Waals surface area (Å²) in [4.78, 5) is 12.1. The van der Waals surface area contributed by atoms with Gasteiger partial charge in [-0.05, 0) is 59.3 Å². The van der Waals surface area contributed by atoms with Crippen LogP contribution in [0, 0.1) is 0 Å². The van der Waals surface area contributed by atoms with E-state index in [9.17, 15) is 4.79 Å². The van der Waals surface area contributed by atoms with Crippen LogP contribution in [0.25, 0.3) is 0 Å². The van der Waals surface area contributed by atoms with Crippen LogP contribution in [0.2, 0.25) is 0 Å². The summed E-state index contributed by atoms with van der Waals surface area (Å²) in [5, 5.41) is 3.98. The van der Waals surface area contributed by atoms with Crippen molar-refractivity contribution in [2.24, 2.45) is 5.10 Å². The van der Waals surface area contributed by atoms with Crippen molar-refractivity contribution >= 4 is 28.1 Å². The number of fused-ring (bicyclic) bond motifs is 1. The summed E-state index contributed by atoms with van der Waals surface area (Å²) in [6.45, 7) is 2.70. The number of nitrogens with one attached hydrogen (secondary N) is 1. The van der Waals surface area contributed by atoms with E-state index in [1.807, 2.05) is 6.92 Å². The summed E-state index contributed by atoms with van der Waals surface area (Å²) in [5.74, 6) is 1.75. The third kappa shape index (κ3) is 3.68. The molecule has 0 saturated carbocycles. The first-order valence-corrected chi connectivity index (χ1v) is 8.12. The second-order valence-electron chi connectivity index (χ2n) is 4.88. The summed E-state index contributed by atoms with van der Waals surface area (Å²) < 4.78 is 16.7. The van der Waals surface area contributed by atoms with Gasteiger partial charge in [0.25, 0.3) is 5.91 Å². The van der Waals surface area contributed by atoms with E-state index in [0.717, 1.165) is 15.8 Å². The fourth-order valence-corrected chi connectivity index (χ4v) is 2.55. The van der Waals surface area contributed by atoms with Gasteiger partial charge in [-0.1, -0.05) is 0 Å². The fourth-order valence-electron chi connectivity index (χ4n) is 2.13. The second-order valence-corrected chi connectivity index (χ2v) is 5.74. The Morgan fingerprint density at radius 1 is 1.29 bits per heavy atom. The Labute approximate surface area is 147 Å². The number of carbonyl (C=O) groups is 1. The van der Waals surface area contributed by atoms with Gasteiger partial charge in [-0.25, -0.2) is 5.43 Å². The molecule has 0 atom stereocenters. The molecule has 1 N–H and O–H groups in total. The Bertz CT molecular complexity index is 775. The highest BCUT2D eigenvalue weighted by molar-refractivity contribution is 9.10. The number of benzene rings is 2. The molecular weight excluding hydrogens is 376 g/mol. The lowest BCUT2D eigenvalue weighted by Gasteiger charge is -2.04. The standard InChI is InChI=1S/C17H15BrN2O4/c1-2-22-13-5-3-11(4-6-13)17(21)20-19-9-12-7-15-16(8-14(12)18)24-10-23-15/h3-9H,2,10H2,1H3,(H,20,21). The Balaban J connectivity index is 1.64. The third-order valence-electron chi connectivity index (χ3n) is 3.29. The van der Waals surface area contributed by atoms with E-state index >= 15 is 0 Å². The normalized spacial score (nSPS) is 12.4. The van der Waals surface area contributed by atoms with Crippen LogP contribution in [0.5, 0.6) is 17.2 Å². The van der Waals surface area contributed by atoms with Gasteiger partial charge < -0.3 is 14.2 Å². The molecule has 0 saturated heterocycles. The second kappa shape index (κ2) is 7.35. The molecule has 1 aliphatic heterocycles. The lowest BCUT2D eigenvalue weighted by molar-refractivity contribution is 0.0955. The summed E-state index contributed by atoms with van der Waals surface area (Å²) >= 11 is 3.43. The molecule has 3 rings (SSSR count). The van der Waals surface area contributed by atoms with Crippen molar-refractivity contribution in [2.45, 2.75) is 6.92 Å². The van der Waals surface area contributed by atoms with Crippen LogP contribution in [-0.2, 0) is 0 Å². The van der Waals surface area contributed by atoms with E-state index in [4.69, 9.17) is 14.2 Å². The Morgan fingerprint density at radius 2 is 2.00 bits per heavy atom. The van der Waals surface area contributed by atoms with Crippen molar-refractivity contribution in [3.63, 3.8) is 0 Å². The lowest BCUT2D eigenvalue weighted by atomic mass is 10.2. The van der Waals surface area contributed by atoms with Crippen molar-refractivity contribution < 1.29 is 19.0 Å². The molecule has 7 heteroatoms. The van der Waals surface area contributed by atoms with Crippen LogP contribution >= 0.6 is 15.9 Å². The van der Waals surface area contributed by atoms with Crippen LogP contribution < -0.4 is 19.6 Å². The molecule has 124 valence electrons. The number of hydrogen-bond acceptors (Lipinski definition) is 5. The minimum absolute atomic E-state index is 0.205. The molecule has 0 fully saturated rings. The number of hydrazone groups is 1. The van der Waals surface area contributed by atoms with Crippen LogP contribution in [0.1, 0.15) is 22.8 Å². The van der Waals surface area contributed by atoms with Gasteiger partial charge in [0.15, 0.2) is 11.5 Å². The number of rotatable bonds is 5. The van der Waals surface area contributed by atoms with Gasteiger partial charge in [-0.3, -0.25) is 4.79 Å². The molecule has 0 unspecified atom stereocenters. The maximum Gasteiger partial charge on any atom is 0.271 e. The average Bonchev–Trinajstić information content (AvgIpc) is 3.03.